The van der Waals surface area contributed by atoms with Gasteiger partial charge in [-0.1, -0.05) is 11.6 Å². The quantitative estimate of drug-likeness (QED) is 0.346. The zero-order chi connectivity index (χ0) is 7.19. The summed E-state index contributed by atoms with van der Waals surface area (Å²) in [4.78, 5) is 9.99. The van der Waals surface area contributed by atoms with Crippen molar-refractivity contribution >= 4 is 11.6 Å². The first kappa shape index (κ1) is 6.59. The van der Waals surface area contributed by atoms with Crippen LogP contribution < -0.4 is 0 Å². The van der Waals surface area contributed by atoms with Gasteiger partial charge < -0.3 is 0 Å². The van der Waals surface area contributed by atoms with Crippen LogP contribution in [-0.4, -0.2) is 5.50 Å². The molecule has 10 heavy (non-hydrogen) atoms. The number of nitroso groups, excluding NO2 is 1. The normalized spacial score (nSPS) is 31.3. The van der Waals surface area contributed by atoms with Crippen LogP contribution in [-0.2, 0) is 0 Å². The minimum Gasteiger partial charge on any atom is -0.149 e. The van der Waals surface area contributed by atoms with Gasteiger partial charge in [-0.2, -0.15) is 0 Å². The maximum atomic E-state index is 9.99. The van der Waals surface area contributed by atoms with E-state index in [1.807, 2.05) is 0 Å². The van der Waals surface area contributed by atoms with Gasteiger partial charge in [0.25, 0.3) is 0 Å². The molecule has 2 aliphatic carbocycles. The third-order valence-corrected chi connectivity index (χ3v) is 3.27. The van der Waals surface area contributed by atoms with Gasteiger partial charge in [0.2, 0.25) is 0 Å². The minimum absolute atomic E-state index is 0.390. The second-order valence-corrected chi connectivity index (χ2v) is 4.09. The Morgan fingerprint density at radius 2 is 2.10 bits per heavy atom. The van der Waals surface area contributed by atoms with E-state index in [1.165, 1.54) is 12.8 Å². The fourth-order valence-electron chi connectivity index (χ4n) is 1.92. The van der Waals surface area contributed by atoms with E-state index in [1.54, 1.807) is 0 Å². The van der Waals surface area contributed by atoms with Crippen LogP contribution in [0.15, 0.2) is 5.18 Å². The summed E-state index contributed by atoms with van der Waals surface area (Å²) in [6.07, 6.45) is 5.00. The van der Waals surface area contributed by atoms with Gasteiger partial charge in [0.15, 0.2) is 5.50 Å². The summed E-state index contributed by atoms with van der Waals surface area (Å²) < 4.78 is 0. The van der Waals surface area contributed by atoms with Gasteiger partial charge in [-0.05, 0) is 42.2 Å². The van der Waals surface area contributed by atoms with E-state index in [9.17, 15) is 4.91 Å². The Bertz CT molecular complexity index is 159. The van der Waals surface area contributed by atoms with E-state index in [-0.39, 0.29) is 0 Å². The number of alkyl halides is 1. The highest BCUT2D eigenvalue weighted by molar-refractivity contribution is 6.20. The van der Waals surface area contributed by atoms with Crippen LogP contribution in [0.3, 0.4) is 0 Å². The lowest BCUT2D eigenvalue weighted by molar-refractivity contribution is 0.164. The fraction of sp³-hybridized carbons (Fsp3) is 1.00. The predicted octanol–water partition coefficient (Wildman–Crippen LogP) is 2.51. The molecule has 0 aromatic heterocycles. The summed E-state index contributed by atoms with van der Waals surface area (Å²) in [7, 11) is 0. The van der Waals surface area contributed by atoms with Crippen molar-refractivity contribution < 1.29 is 0 Å². The number of hydrogen-bond acceptors (Lipinski definition) is 2. The molecule has 1 unspecified atom stereocenters. The largest absolute Gasteiger partial charge is 0.168 e. The molecule has 0 bridgehead atoms. The third-order valence-electron chi connectivity index (χ3n) is 2.84. The summed E-state index contributed by atoms with van der Waals surface area (Å²) in [6.45, 7) is 0. The van der Waals surface area contributed by atoms with Crippen molar-refractivity contribution in [2.24, 2.45) is 16.5 Å². The first-order valence-corrected chi connectivity index (χ1v) is 4.16. The molecule has 2 nitrogen and oxygen atoms in total. The predicted molar refractivity (Wildman–Crippen MR) is 39.8 cm³/mol. The second-order valence-electron chi connectivity index (χ2n) is 3.65. The van der Waals surface area contributed by atoms with Crippen LogP contribution in [0.2, 0.25) is 0 Å². The molecule has 0 aromatic carbocycles. The molecule has 3 heteroatoms. The van der Waals surface area contributed by atoms with Gasteiger partial charge in [-0.25, -0.2) is 0 Å². The summed E-state index contributed by atoms with van der Waals surface area (Å²) in [6, 6.07) is 0. The molecule has 0 radical (unpaired) electrons. The molecule has 0 aromatic rings. The van der Waals surface area contributed by atoms with Gasteiger partial charge in [0.1, 0.15) is 0 Å². The molecule has 0 N–H and O–H groups in total. The first-order valence-electron chi connectivity index (χ1n) is 3.72. The maximum absolute atomic E-state index is 9.99. The first-order chi connectivity index (χ1) is 4.76. The summed E-state index contributed by atoms with van der Waals surface area (Å²) in [5, 5.41) is 2.82. The van der Waals surface area contributed by atoms with Crippen molar-refractivity contribution in [3.63, 3.8) is 0 Å². The molecule has 0 heterocycles. The molecular formula is C7H10ClNO. The van der Waals surface area contributed by atoms with E-state index >= 15 is 0 Å². The van der Waals surface area contributed by atoms with Gasteiger partial charge in [0.05, 0.1) is 0 Å². The zero-order valence-electron chi connectivity index (χ0n) is 5.72. The summed E-state index contributed by atoms with van der Waals surface area (Å²) in [5.41, 5.74) is 0.189. The molecule has 2 rings (SSSR count). The minimum atomic E-state index is -0.453. The Hall–Kier alpha value is -0.110. The van der Waals surface area contributed by atoms with Crippen LogP contribution in [0.1, 0.15) is 25.7 Å². The lowest BCUT2D eigenvalue weighted by atomic mass is 9.72. The Labute approximate surface area is 64.9 Å². The van der Waals surface area contributed by atoms with E-state index in [0.717, 1.165) is 12.8 Å². The Morgan fingerprint density at radius 1 is 1.50 bits per heavy atom. The van der Waals surface area contributed by atoms with E-state index in [2.05, 4.69) is 5.18 Å². The summed E-state index contributed by atoms with van der Waals surface area (Å²) in [5.74, 6) is 0.390. The molecule has 2 saturated carbocycles. The molecule has 1 atom stereocenters. The molecule has 0 saturated heterocycles. The Morgan fingerprint density at radius 3 is 2.50 bits per heavy atom. The van der Waals surface area contributed by atoms with Crippen molar-refractivity contribution in [3.05, 3.63) is 4.91 Å². The van der Waals surface area contributed by atoms with Crippen molar-refractivity contribution in [3.8, 4) is 0 Å². The highest BCUT2D eigenvalue weighted by atomic mass is 35.5. The van der Waals surface area contributed by atoms with E-state index in [4.69, 9.17) is 11.6 Å². The van der Waals surface area contributed by atoms with E-state index < -0.39 is 5.50 Å². The van der Waals surface area contributed by atoms with Crippen LogP contribution >= 0.6 is 11.6 Å². The Kier molecular flexibility index (Phi) is 1.28. The molecule has 2 aliphatic rings. The van der Waals surface area contributed by atoms with Gasteiger partial charge in [0, 0.05) is 0 Å². The highest BCUT2D eigenvalue weighted by Gasteiger charge is 2.54. The molecule has 0 aliphatic heterocycles. The summed E-state index contributed by atoms with van der Waals surface area (Å²) >= 11 is 5.64. The average molecular weight is 160 g/mol. The van der Waals surface area contributed by atoms with Crippen LogP contribution in [0.4, 0.5) is 0 Å². The van der Waals surface area contributed by atoms with Crippen LogP contribution in [0, 0.1) is 16.2 Å². The lowest BCUT2D eigenvalue weighted by Crippen LogP contribution is -2.30. The van der Waals surface area contributed by atoms with Crippen molar-refractivity contribution in [1.29, 1.82) is 0 Å². The third kappa shape index (κ3) is 0.858. The molecule has 2 fully saturated rings. The maximum Gasteiger partial charge on any atom is 0.168 e. The second kappa shape index (κ2) is 1.94. The van der Waals surface area contributed by atoms with Crippen molar-refractivity contribution in [1.82, 2.24) is 0 Å². The topological polar surface area (TPSA) is 29.4 Å². The van der Waals surface area contributed by atoms with Gasteiger partial charge in [-0.3, -0.25) is 0 Å². The van der Waals surface area contributed by atoms with Crippen LogP contribution in [0.5, 0.6) is 0 Å². The number of nitrogens with zero attached hydrogens (tertiary/aromatic N) is 1. The zero-order valence-corrected chi connectivity index (χ0v) is 6.47. The Balaban J connectivity index is 1.83. The standard InChI is InChI=1S/C7H10ClNO/c8-6(9-10)5-3-7(4-5)1-2-7/h5-6H,1-4H2. The van der Waals surface area contributed by atoms with Crippen molar-refractivity contribution in [2.45, 2.75) is 31.2 Å². The van der Waals surface area contributed by atoms with Gasteiger partial charge in [-0.15, -0.1) is 4.91 Å². The smallest absolute Gasteiger partial charge is 0.149 e. The lowest BCUT2D eigenvalue weighted by Gasteiger charge is -2.36. The monoisotopic (exact) mass is 159 g/mol. The fourth-order valence-corrected chi connectivity index (χ4v) is 2.10. The number of halogens is 1. The van der Waals surface area contributed by atoms with E-state index in [0.29, 0.717) is 11.3 Å². The molecule has 1 spiro atoms. The molecule has 56 valence electrons. The average Bonchev–Trinajstić information content (AvgIpc) is 2.61. The molecule has 0 amide bonds. The van der Waals surface area contributed by atoms with Crippen molar-refractivity contribution in [2.75, 3.05) is 0 Å². The number of hydrogen-bond donors (Lipinski definition) is 0. The number of rotatable bonds is 2. The van der Waals surface area contributed by atoms with Gasteiger partial charge >= 0.3 is 0 Å². The highest BCUT2D eigenvalue weighted by Crippen LogP contribution is 2.64. The van der Waals surface area contributed by atoms with Crippen LogP contribution in [0.25, 0.3) is 0 Å². The SMILES string of the molecule is O=NC(Cl)C1CC2(CC2)C1. The molecular weight excluding hydrogens is 150 g/mol.